The number of rotatable bonds is 6. The predicted octanol–water partition coefficient (Wildman–Crippen LogP) is 2.18. The molecule has 0 atom stereocenters. The Bertz CT molecular complexity index is 282. The van der Waals surface area contributed by atoms with Crippen molar-refractivity contribution in [2.45, 2.75) is 58.0 Å². The number of amides is 1. The first-order valence-electron chi connectivity index (χ1n) is 8.34. The molecule has 116 valence electrons. The molecular formula is C16H30N2O2. The third-order valence-corrected chi connectivity index (χ3v) is 4.63. The molecule has 0 aromatic rings. The second-order valence-electron chi connectivity index (χ2n) is 6.45. The van der Waals surface area contributed by atoms with Gasteiger partial charge in [0.1, 0.15) is 6.61 Å². The zero-order valence-electron chi connectivity index (χ0n) is 12.9. The van der Waals surface area contributed by atoms with Gasteiger partial charge in [-0.15, -0.1) is 0 Å². The quantitative estimate of drug-likeness (QED) is 0.812. The molecule has 2 rings (SSSR count). The predicted molar refractivity (Wildman–Crippen MR) is 80.7 cm³/mol. The zero-order chi connectivity index (χ0) is 14.2. The molecule has 0 aromatic carbocycles. The third kappa shape index (κ3) is 5.80. The number of piperidine rings is 1. The minimum atomic E-state index is 0.0425. The molecule has 4 heteroatoms. The summed E-state index contributed by atoms with van der Waals surface area (Å²) in [7, 11) is 0. The Morgan fingerprint density at radius 3 is 2.55 bits per heavy atom. The van der Waals surface area contributed by atoms with Crippen LogP contribution in [-0.2, 0) is 9.53 Å². The van der Waals surface area contributed by atoms with Crippen LogP contribution in [0.15, 0.2) is 0 Å². The Hall–Kier alpha value is -0.610. The van der Waals surface area contributed by atoms with Crippen LogP contribution in [0.4, 0.5) is 0 Å². The number of carbonyl (C=O) groups is 1. The van der Waals surface area contributed by atoms with Gasteiger partial charge in [0.15, 0.2) is 0 Å². The minimum absolute atomic E-state index is 0.0425. The molecule has 1 saturated carbocycles. The summed E-state index contributed by atoms with van der Waals surface area (Å²) >= 11 is 0. The molecule has 0 unspecified atom stereocenters. The van der Waals surface area contributed by atoms with Gasteiger partial charge < -0.3 is 15.0 Å². The average Bonchev–Trinajstić information content (AvgIpc) is 2.48. The van der Waals surface area contributed by atoms with E-state index >= 15 is 0 Å². The van der Waals surface area contributed by atoms with Crippen molar-refractivity contribution in [1.29, 1.82) is 0 Å². The number of hydrogen-bond donors (Lipinski definition) is 1. The van der Waals surface area contributed by atoms with Gasteiger partial charge in [-0.2, -0.15) is 0 Å². The highest BCUT2D eigenvalue weighted by Gasteiger charge is 2.16. The molecule has 1 N–H and O–H groups in total. The van der Waals surface area contributed by atoms with Crippen molar-refractivity contribution >= 4 is 5.91 Å². The standard InChI is InChI=1S/C16H30N2O2/c1-14-7-10-18(11-8-14)12-9-17-16(19)13-20-15-5-3-2-4-6-15/h14-15H,2-13H2,1H3,(H,17,19). The summed E-state index contributed by atoms with van der Waals surface area (Å²) in [5.74, 6) is 0.908. The van der Waals surface area contributed by atoms with E-state index < -0.39 is 0 Å². The molecule has 1 amide bonds. The third-order valence-electron chi connectivity index (χ3n) is 4.63. The molecule has 1 aliphatic carbocycles. The Morgan fingerprint density at radius 2 is 1.85 bits per heavy atom. The van der Waals surface area contributed by atoms with E-state index in [1.807, 2.05) is 0 Å². The number of carbonyl (C=O) groups excluding carboxylic acids is 1. The summed E-state index contributed by atoms with van der Waals surface area (Å²) in [5, 5.41) is 2.98. The summed E-state index contributed by atoms with van der Waals surface area (Å²) in [5.41, 5.74) is 0. The Labute approximate surface area is 123 Å². The average molecular weight is 282 g/mol. The molecular weight excluding hydrogens is 252 g/mol. The van der Waals surface area contributed by atoms with Crippen molar-refractivity contribution in [2.24, 2.45) is 5.92 Å². The fourth-order valence-electron chi connectivity index (χ4n) is 3.12. The largest absolute Gasteiger partial charge is 0.368 e. The first-order valence-corrected chi connectivity index (χ1v) is 8.34. The van der Waals surface area contributed by atoms with Gasteiger partial charge in [-0.25, -0.2) is 0 Å². The van der Waals surface area contributed by atoms with Gasteiger partial charge in [-0.3, -0.25) is 4.79 Å². The second-order valence-corrected chi connectivity index (χ2v) is 6.45. The maximum atomic E-state index is 11.7. The van der Waals surface area contributed by atoms with Crippen molar-refractivity contribution in [1.82, 2.24) is 10.2 Å². The number of hydrogen-bond acceptors (Lipinski definition) is 3. The zero-order valence-corrected chi connectivity index (χ0v) is 12.9. The van der Waals surface area contributed by atoms with E-state index in [0.717, 1.165) is 31.8 Å². The minimum Gasteiger partial charge on any atom is -0.368 e. The molecule has 4 nitrogen and oxygen atoms in total. The van der Waals surface area contributed by atoms with E-state index in [1.165, 1.54) is 45.2 Å². The van der Waals surface area contributed by atoms with E-state index in [2.05, 4.69) is 17.1 Å². The highest BCUT2D eigenvalue weighted by atomic mass is 16.5. The first kappa shape index (κ1) is 15.8. The van der Waals surface area contributed by atoms with Crippen LogP contribution in [0.2, 0.25) is 0 Å². The lowest BCUT2D eigenvalue weighted by Crippen LogP contribution is -2.40. The molecule has 0 radical (unpaired) electrons. The normalized spacial score (nSPS) is 22.9. The first-order chi connectivity index (χ1) is 9.74. The molecule has 20 heavy (non-hydrogen) atoms. The van der Waals surface area contributed by atoms with Crippen LogP contribution in [0.1, 0.15) is 51.9 Å². The Balaban J connectivity index is 1.49. The van der Waals surface area contributed by atoms with Crippen molar-refractivity contribution in [3.63, 3.8) is 0 Å². The second kappa shape index (κ2) is 8.63. The van der Waals surface area contributed by atoms with Crippen molar-refractivity contribution in [3.05, 3.63) is 0 Å². The maximum Gasteiger partial charge on any atom is 0.246 e. The molecule has 1 saturated heterocycles. The van der Waals surface area contributed by atoms with Crippen LogP contribution in [0.25, 0.3) is 0 Å². The van der Waals surface area contributed by atoms with Crippen LogP contribution in [0.3, 0.4) is 0 Å². The molecule has 1 heterocycles. The lowest BCUT2D eigenvalue weighted by Gasteiger charge is -2.30. The lowest BCUT2D eigenvalue weighted by molar-refractivity contribution is -0.128. The van der Waals surface area contributed by atoms with Gasteiger partial charge in [-0.05, 0) is 44.7 Å². The summed E-state index contributed by atoms with van der Waals surface area (Å²) in [6, 6.07) is 0. The maximum absolute atomic E-state index is 11.7. The number of nitrogens with one attached hydrogen (secondary N) is 1. The van der Waals surface area contributed by atoms with Crippen LogP contribution in [-0.4, -0.2) is 49.7 Å². The fraction of sp³-hybridized carbons (Fsp3) is 0.938. The topological polar surface area (TPSA) is 41.6 Å². The summed E-state index contributed by atoms with van der Waals surface area (Å²) < 4.78 is 5.68. The van der Waals surface area contributed by atoms with Crippen LogP contribution < -0.4 is 5.32 Å². The van der Waals surface area contributed by atoms with Gasteiger partial charge in [0.25, 0.3) is 0 Å². The molecule has 2 aliphatic rings. The van der Waals surface area contributed by atoms with Crippen molar-refractivity contribution in [3.8, 4) is 0 Å². The molecule has 2 fully saturated rings. The van der Waals surface area contributed by atoms with Gasteiger partial charge in [0.05, 0.1) is 6.10 Å². The van der Waals surface area contributed by atoms with Gasteiger partial charge >= 0.3 is 0 Å². The molecule has 1 aliphatic heterocycles. The highest BCUT2D eigenvalue weighted by molar-refractivity contribution is 5.77. The monoisotopic (exact) mass is 282 g/mol. The highest BCUT2D eigenvalue weighted by Crippen LogP contribution is 2.20. The molecule has 0 aromatic heterocycles. The van der Waals surface area contributed by atoms with E-state index in [1.54, 1.807) is 0 Å². The Morgan fingerprint density at radius 1 is 1.15 bits per heavy atom. The van der Waals surface area contributed by atoms with Crippen LogP contribution in [0.5, 0.6) is 0 Å². The van der Waals surface area contributed by atoms with Gasteiger partial charge in [0, 0.05) is 13.1 Å². The number of ether oxygens (including phenoxy) is 1. The fourth-order valence-corrected chi connectivity index (χ4v) is 3.12. The van der Waals surface area contributed by atoms with E-state index in [9.17, 15) is 4.79 Å². The van der Waals surface area contributed by atoms with Crippen molar-refractivity contribution < 1.29 is 9.53 Å². The SMILES string of the molecule is CC1CCN(CCNC(=O)COC2CCCCC2)CC1. The van der Waals surface area contributed by atoms with Gasteiger partial charge in [0.2, 0.25) is 5.91 Å². The van der Waals surface area contributed by atoms with Gasteiger partial charge in [-0.1, -0.05) is 26.2 Å². The number of nitrogens with zero attached hydrogens (tertiary/aromatic N) is 1. The molecule has 0 bridgehead atoms. The van der Waals surface area contributed by atoms with E-state index in [0.29, 0.717) is 6.10 Å². The Kier molecular flexibility index (Phi) is 6.80. The van der Waals surface area contributed by atoms with E-state index in [-0.39, 0.29) is 12.5 Å². The summed E-state index contributed by atoms with van der Waals surface area (Å²) in [6.07, 6.45) is 8.97. The van der Waals surface area contributed by atoms with Crippen LogP contribution in [0, 0.1) is 5.92 Å². The number of likely N-dealkylation sites (tertiary alicyclic amines) is 1. The summed E-state index contributed by atoms with van der Waals surface area (Å²) in [4.78, 5) is 14.2. The van der Waals surface area contributed by atoms with E-state index in [4.69, 9.17) is 4.74 Å². The van der Waals surface area contributed by atoms with Crippen molar-refractivity contribution in [2.75, 3.05) is 32.8 Å². The smallest absolute Gasteiger partial charge is 0.246 e. The lowest BCUT2D eigenvalue weighted by atomic mass is 9.98. The molecule has 0 spiro atoms. The summed E-state index contributed by atoms with van der Waals surface area (Å²) in [6.45, 7) is 6.64. The van der Waals surface area contributed by atoms with Crippen LogP contribution >= 0.6 is 0 Å².